The van der Waals surface area contributed by atoms with Crippen LogP contribution in [-0.4, -0.2) is 48.6 Å². The van der Waals surface area contributed by atoms with Gasteiger partial charge in [-0.05, 0) is 35.4 Å². The number of nitrogens with one attached hydrogen (secondary N) is 1. The lowest BCUT2D eigenvalue weighted by Gasteiger charge is -2.19. The Morgan fingerprint density at radius 3 is 2.38 bits per heavy atom. The smallest absolute Gasteiger partial charge is 0.255 e. The van der Waals surface area contributed by atoms with Crippen molar-refractivity contribution in [1.82, 2.24) is 19.4 Å². The second-order valence-electron chi connectivity index (χ2n) is 7.15. The molecule has 3 aromatic rings. The fraction of sp³-hybridized carbons (Fsp3) is 0.304. The van der Waals surface area contributed by atoms with Crippen LogP contribution in [0.4, 0.5) is 0 Å². The first-order valence-electron chi connectivity index (χ1n) is 10.4. The van der Waals surface area contributed by atoms with Crippen molar-refractivity contribution in [2.45, 2.75) is 31.8 Å². The Bertz CT molecular complexity index is 1140. The van der Waals surface area contributed by atoms with Gasteiger partial charge in [-0.3, -0.25) is 9.48 Å². The number of methoxy groups -OCH3 is 1. The number of carbonyl (C=O) groups excluding carboxylic acids is 1. The summed E-state index contributed by atoms with van der Waals surface area (Å²) in [5.74, 6) is -0.0883. The van der Waals surface area contributed by atoms with E-state index in [-0.39, 0.29) is 10.5 Å². The maximum Gasteiger partial charge on any atom is 0.255 e. The first-order chi connectivity index (χ1) is 15.4. The molecule has 0 bridgehead atoms. The van der Waals surface area contributed by atoms with E-state index in [0.717, 1.165) is 11.1 Å². The van der Waals surface area contributed by atoms with Gasteiger partial charge in [0.25, 0.3) is 5.91 Å². The molecule has 0 aliphatic carbocycles. The molecule has 2 aromatic carbocycles. The van der Waals surface area contributed by atoms with Crippen molar-refractivity contribution in [3.05, 3.63) is 77.6 Å². The van der Waals surface area contributed by atoms with E-state index in [4.69, 9.17) is 4.74 Å². The Morgan fingerprint density at radius 1 is 1.09 bits per heavy atom. The van der Waals surface area contributed by atoms with Gasteiger partial charge in [-0.25, -0.2) is 8.42 Å². The average molecular weight is 457 g/mol. The number of ether oxygens (including phenoxy) is 1. The summed E-state index contributed by atoms with van der Waals surface area (Å²) in [5.41, 5.74) is 2.20. The van der Waals surface area contributed by atoms with E-state index in [2.05, 4.69) is 10.4 Å². The maximum absolute atomic E-state index is 12.9. The molecule has 1 N–H and O–H groups in total. The molecule has 0 radical (unpaired) electrons. The monoisotopic (exact) mass is 456 g/mol. The van der Waals surface area contributed by atoms with Crippen LogP contribution in [0.2, 0.25) is 0 Å². The van der Waals surface area contributed by atoms with Gasteiger partial charge in [0.15, 0.2) is 0 Å². The van der Waals surface area contributed by atoms with Crippen LogP contribution in [0.25, 0.3) is 0 Å². The van der Waals surface area contributed by atoms with E-state index in [0.29, 0.717) is 31.9 Å². The molecule has 32 heavy (non-hydrogen) atoms. The Kier molecular flexibility index (Phi) is 7.66. The van der Waals surface area contributed by atoms with Gasteiger partial charge in [0.2, 0.25) is 10.0 Å². The summed E-state index contributed by atoms with van der Waals surface area (Å²) < 4.78 is 34.2. The number of aromatic nitrogens is 2. The predicted molar refractivity (Wildman–Crippen MR) is 122 cm³/mol. The lowest BCUT2D eigenvalue weighted by molar-refractivity contribution is 0.0947. The van der Waals surface area contributed by atoms with Crippen LogP contribution in [0.5, 0.6) is 5.75 Å². The van der Waals surface area contributed by atoms with Crippen LogP contribution in [0.3, 0.4) is 0 Å². The number of sulfonamides is 1. The van der Waals surface area contributed by atoms with E-state index >= 15 is 0 Å². The van der Waals surface area contributed by atoms with E-state index < -0.39 is 15.9 Å². The van der Waals surface area contributed by atoms with Crippen molar-refractivity contribution >= 4 is 15.9 Å². The van der Waals surface area contributed by atoms with Crippen molar-refractivity contribution in [2.75, 3.05) is 20.2 Å². The summed E-state index contributed by atoms with van der Waals surface area (Å²) >= 11 is 0. The Labute approximate surface area is 188 Å². The first-order valence-corrected chi connectivity index (χ1v) is 11.8. The average Bonchev–Trinajstić information content (AvgIpc) is 3.31. The van der Waals surface area contributed by atoms with Crippen molar-refractivity contribution < 1.29 is 17.9 Å². The normalized spacial score (nSPS) is 11.5. The van der Waals surface area contributed by atoms with Gasteiger partial charge < -0.3 is 10.1 Å². The minimum atomic E-state index is -3.69. The van der Waals surface area contributed by atoms with Gasteiger partial charge >= 0.3 is 0 Å². The lowest BCUT2D eigenvalue weighted by atomic mass is 10.1. The molecule has 1 aromatic heterocycles. The highest BCUT2D eigenvalue weighted by Crippen LogP contribution is 2.24. The van der Waals surface area contributed by atoms with E-state index in [9.17, 15) is 13.2 Å². The molecule has 0 fully saturated rings. The van der Waals surface area contributed by atoms with Crippen molar-refractivity contribution in [1.29, 1.82) is 0 Å². The summed E-state index contributed by atoms with van der Waals surface area (Å²) in [6, 6.07) is 14.1. The van der Waals surface area contributed by atoms with Gasteiger partial charge in [-0.1, -0.05) is 38.1 Å². The zero-order valence-electron chi connectivity index (χ0n) is 18.5. The van der Waals surface area contributed by atoms with Gasteiger partial charge in [0, 0.05) is 32.0 Å². The minimum absolute atomic E-state index is 0.0649. The standard InChI is InChI=1S/C23H28N4O4S/c1-4-27(5-2)32(29,30)20-11-12-22(31-3)21(15-20)23(28)24-16-18-7-9-19(10-8-18)17-26-14-6-13-25-26/h6-15H,4-5,16-17H2,1-3H3,(H,24,28). The zero-order valence-corrected chi connectivity index (χ0v) is 19.3. The largest absolute Gasteiger partial charge is 0.496 e. The van der Waals surface area contributed by atoms with Gasteiger partial charge in [0.1, 0.15) is 5.75 Å². The number of hydrogen-bond donors (Lipinski definition) is 1. The number of rotatable bonds is 10. The van der Waals surface area contributed by atoms with Gasteiger partial charge in [0.05, 0.1) is 24.1 Å². The fourth-order valence-corrected chi connectivity index (χ4v) is 4.84. The summed E-state index contributed by atoms with van der Waals surface area (Å²) in [6.07, 6.45) is 3.64. The number of nitrogens with zero attached hydrogens (tertiary/aromatic N) is 3. The summed E-state index contributed by atoms with van der Waals surface area (Å²) in [7, 11) is -2.24. The van der Waals surface area contributed by atoms with Crippen LogP contribution in [0.15, 0.2) is 65.8 Å². The quantitative estimate of drug-likeness (QED) is 0.506. The molecule has 0 saturated carbocycles. The molecule has 1 heterocycles. The van der Waals surface area contributed by atoms with Crippen LogP contribution >= 0.6 is 0 Å². The second-order valence-corrected chi connectivity index (χ2v) is 9.09. The molecule has 0 spiro atoms. The van der Waals surface area contributed by atoms with Crippen LogP contribution in [-0.2, 0) is 23.1 Å². The number of hydrogen-bond acceptors (Lipinski definition) is 5. The van der Waals surface area contributed by atoms with E-state index in [1.807, 2.05) is 41.2 Å². The molecule has 0 aliphatic heterocycles. The third-order valence-electron chi connectivity index (χ3n) is 5.14. The van der Waals surface area contributed by atoms with Crippen LogP contribution in [0.1, 0.15) is 35.3 Å². The number of amides is 1. The van der Waals surface area contributed by atoms with Crippen molar-refractivity contribution in [3.63, 3.8) is 0 Å². The predicted octanol–water partition coefficient (Wildman–Crippen LogP) is 2.90. The van der Waals surface area contributed by atoms with Crippen LogP contribution in [0, 0.1) is 0 Å². The summed E-state index contributed by atoms with van der Waals surface area (Å²) in [4.78, 5) is 12.9. The Balaban J connectivity index is 1.72. The third-order valence-corrected chi connectivity index (χ3v) is 7.18. The highest BCUT2D eigenvalue weighted by atomic mass is 32.2. The third kappa shape index (κ3) is 5.35. The lowest BCUT2D eigenvalue weighted by Crippen LogP contribution is -2.31. The minimum Gasteiger partial charge on any atom is -0.496 e. The molecule has 170 valence electrons. The molecular formula is C23H28N4O4S. The second kappa shape index (κ2) is 10.4. The highest BCUT2D eigenvalue weighted by molar-refractivity contribution is 7.89. The number of benzene rings is 2. The molecule has 0 unspecified atom stereocenters. The van der Waals surface area contributed by atoms with Gasteiger partial charge in [-0.15, -0.1) is 0 Å². The fourth-order valence-electron chi connectivity index (χ4n) is 3.36. The molecule has 9 heteroatoms. The summed E-state index contributed by atoms with van der Waals surface area (Å²) in [6.45, 7) is 5.23. The highest BCUT2D eigenvalue weighted by Gasteiger charge is 2.24. The first kappa shape index (κ1) is 23.5. The van der Waals surface area contributed by atoms with E-state index in [1.165, 1.54) is 29.6 Å². The van der Waals surface area contributed by atoms with Crippen molar-refractivity contribution in [2.24, 2.45) is 0 Å². The van der Waals surface area contributed by atoms with Gasteiger partial charge in [-0.2, -0.15) is 9.40 Å². The molecule has 0 aliphatic rings. The Morgan fingerprint density at radius 2 is 1.78 bits per heavy atom. The van der Waals surface area contributed by atoms with Crippen molar-refractivity contribution in [3.8, 4) is 5.75 Å². The SMILES string of the molecule is CCN(CC)S(=O)(=O)c1ccc(OC)c(C(=O)NCc2ccc(Cn3cccn3)cc2)c1. The summed E-state index contributed by atoms with van der Waals surface area (Å²) in [5, 5.41) is 7.04. The molecule has 1 amide bonds. The number of carbonyl (C=O) groups is 1. The zero-order chi connectivity index (χ0) is 23.1. The molecule has 8 nitrogen and oxygen atoms in total. The molecule has 0 atom stereocenters. The maximum atomic E-state index is 12.9. The van der Waals surface area contributed by atoms with Crippen LogP contribution < -0.4 is 10.1 Å². The molecular weight excluding hydrogens is 428 g/mol. The Hall–Kier alpha value is -3.17. The van der Waals surface area contributed by atoms with E-state index in [1.54, 1.807) is 20.0 Å². The topological polar surface area (TPSA) is 93.5 Å². The molecule has 3 rings (SSSR count). The molecule has 0 saturated heterocycles.